The van der Waals surface area contributed by atoms with Gasteiger partial charge in [-0.3, -0.25) is 0 Å². The van der Waals surface area contributed by atoms with E-state index < -0.39 is 12.7 Å². The maximum atomic E-state index is 12.7. The first-order valence-electron chi connectivity index (χ1n) is 11.1. The maximum Gasteiger partial charge on any atom is 0.573 e. The normalized spacial score (nSPS) is 17.8. The van der Waals surface area contributed by atoms with Gasteiger partial charge in [-0.05, 0) is 42.7 Å². The molecule has 2 aromatic carbocycles. The molecule has 0 aromatic heterocycles. The first kappa shape index (κ1) is 25.0. The van der Waals surface area contributed by atoms with Crippen LogP contribution in [0.1, 0.15) is 18.4 Å². The predicted octanol–water partition coefficient (Wildman–Crippen LogP) is 4.63. The van der Waals surface area contributed by atoms with Crippen molar-refractivity contribution in [3.8, 4) is 11.5 Å². The van der Waals surface area contributed by atoms with Gasteiger partial charge in [-0.1, -0.05) is 29.8 Å². The summed E-state index contributed by atoms with van der Waals surface area (Å²) in [6.45, 7) is 1.96. The van der Waals surface area contributed by atoms with Crippen LogP contribution in [0.3, 0.4) is 0 Å². The number of alkyl halides is 3. The van der Waals surface area contributed by atoms with E-state index in [1.807, 2.05) is 35.2 Å². The number of aliphatic hydroxyl groups excluding tert-OH is 1. The van der Waals surface area contributed by atoms with E-state index in [1.54, 1.807) is 18.2 Å². The monoisotopic (exact) mass is 510 g/mol. The molecule has 0 spiro atoms. The van der Waals surface area contributed by atoms with Crippen molar-refractivity contribution >= 4 is 17.4 Å². The minimum atomic E-state index is -4.80. The van der Waals surface area contributed by atoms with Crippen LogP contribution < -0.4 is 9.47 Å². The fourth-order valence-electron chi connectivity index (χ4n) is 3.94. The highest BCUT2D eigenvalue weighted by Crippen LogP contribution is 2.32. The molecular weight excluding hydrogens is 485 g/mol. The fourth-order valence-corrected chi connectivity index (χ4v) is 4.06. The number of hydrogen-bond acceptors (Lipinski definition) is 7. The van der Waals surface area contributed by atoms with Crippen molar-refractivity contribution in [2.75, 3.05) is 26.9 Å². The molecule has 0 amide bonds. The predicted molar refractivity (Wildman–Crippen MR) is 126 cm³/mol. The summed E-state index contributed by atoms with van der Waals surface area (Å²) in [7, 11) is 1.92. The third-order valence-corrected chi connectivity index (χ3v) is 5.75. The Balaban J connectivity index is 1.60. The lowest BCUT2D eigenvalue weighted by Crippen LogP contribution is -2.44. The Morgan fingerprint density at radius 3 is 2.57 bits per heavy atom. The van der Waals surface area contributed by atoms with Gasteiger partial charge in [-0.25, -0.2) is 4.99 Å². The van der Waals surface area contributed by atoms with Crippen molar-refractivity contribution < 1.29 is 27.8 Å². The molecule has 2 aromatic rings. The van der Waals surface area contributed by atoms with E-state index in [0.717, 1.165) is 30.1 Å². The molecule has 35 heavy (non-hydrogen) atoms. The summed E-state index contributed by atoms with van der Waals surface area (Å²) in [5.74, 6) is 0.558. The Kier molecular flexibility index (Phi) is 7.61. The maximum absolute atomic E-state index is 12.7. The summed E-state index contributed by atoms with van der Waals surface area (Å²) in [5.41, 5.74) is 1.81. The van der Waals surface area contributed by atoms with Crippen molar-refractivity contribution in [1.82, 2.24) is 14.7 Å². The second-order valence-corrected chi connectivity index (χ2v) is 8.71. The summed E-state index contributed by atoms with van der Waals surface area (Å²) in [4.78, 5) is 10.8. The molecule has 0 fully saturated rings. The van der Waals surface area contributed by atoms with Crippen LogP contribution in [0.4, 0.5) is 13.2 Å². The van der Waals surface area contributed by atoms with Crippen LogP contribution in [0, 0.1) is 0 Å². The zero-order valence-electron chi connectivity index (χ0n) is 19.1. The number of hydrogen-bond donors (Lipinski definition) is 1. The van der Waals surface area contributed by atoms with Gasteiger partial charge >= 0.3 is 6.36 Å². The van der Waals surface area contributed by atoms with Crippen molar-refractivity contribution in [2.24, 2.45) is 4.99 Å². The van der Waals surface area contributed by atoms with Crippen LogP contribution in [0.2, 0.25) is 5.02 Å². The van der Waals surface area contributed by atoms with Crippen molar-refractivity contribution in [3.05, 3.63) is 71.0 Å². The third kappa shape index (κ3) is 6.52. The van der Waals surface area contributed by atoms with Crippen molar-refractivity contribution in [2.45, 2.75) is 32.1 Å². The molecule has 0 bridgehead atoms. The number of aliphatic hydroxyl groups is 1. The number of halogens is 4. The Labute approximate surface area is 206 Å². The van der Waals surface area contributed by atoms with Gasteiger partial charge in [-0.2, -0.15) is 0 Å². The Hall–Kier alpha value is -3.11. The SMILES string of the molecule is CN1CN(CCCCO)C=C2C1=NC(Oc1cccc(OC(F)(F)F)c1)N2Cc1ccc(Cl)cc1. The van der Waals surface area contributed by atoms with E-state index in [4.69, 9.17) is 26.4 Å². The molecule has 1 atom stereocenters. The Bertz CT molecular complexity index is 1080. The van der Waals surface area contributed by atoms with Crippen LogP contribution in [0.25, 0.3) is 0 Å². The number of fused-ring (bicyclic) bond motifs is 1. The lowest BCUT2D eigenvalue weighted by molar-refractivity contribution is -0.274. The number of benzene rings is 2. The Morgan fingerprint density at radius 2 is 1.86 bits per heavy atom. The van der Waals surface area contributed by atoms with Gasteiger partial charge in [0.15, 0.2) is 5.84 Å². The minimum absolute atomic E-state index is 0.142. The molecule has 0 aliphatic carbocycles. The van der Waals surface area contributed by atoms with Gasteiger partial charge in [0.25, 0.3) is 6.35 Å². The van der Waals surface area contributed by atoms with Crippen LogP contribution in [0.5, 0.6) is 11.5 Å². The van der Waals surface area contributed by atoms with E-state index in [1.165, 1.54) is 18.2 Å². The highest BCUT2D eigenvalue weighted by atomic mass is 35.5. The number of amidine groups is 1. The number of rotatable bonds is 9. The van der Waals surface area contributed by atoms with Gasteiger partial charge in [0.2, 0.25) is 0 Å². The second-order valence-electron chi connectivity index (χ2n) is 8.27. The summed E-state index contributed by atoms with van der Waals surface area (Å²) < 4.78 is 48.1. The molecule has 2 aliphatic heterocycles. The fraction of sp³-hybridized carbons (Fsp3) is 0.375. The average molecular weight is 511 g/mol. The number of unbranched alkanes of at least 4 members (excludes halogenated alkanes) is 1. The standard InChI is InChI=1S/C24H26ClF3N4O3/c1-30-16-31(11-2-3-12-33)15-21-22(30)29-23(32(21)14-17-7-9-18(25)10-8-17)34-19-5-4-6-20(13-19)35-24(26,27)28/h4-10,13,15,23,33H,2-3,11-12,14,16H2,1H3. The molecule has 2 aliphatic rings. The molecule has 11 heteroatoms. The quantitative estimate of drug-likeness (QED) is 0.496. The highest BCUT2D eigenvalue weighted by Gasteiger charge is 2.37. The number of aliphatic imine (C=N–C) groups is 1. The zero-order valence-corrected chi connectivity index (χ0v) is 19.8. The van der Waals surface area contributed by atoms with Crippen LogP contribution in [-0.4, -0.2) is 65.2 Å². The summed E-state index contributed by atoms with van der Waals surface area (Å²) in [6.07, 6.45) is -2.04. The molecule has 0 saturated carbocycles. The largest absolute Gasteiger partial charge is 0.573 e. The second kappa shape index (κ2) is 10.7. The van der Waals surface area contributed by atoms with Gasteiger partial charge in [0.1, 0.15) is 17.2 Å². The summed E-state index contributed by atoms with van der Waals surface area (Å²) in [6, 6.07) is 12.8. The third-order valence-electron chi connectivity index (χ3n) is 5.50. The van der Waals surface area contributed by atoms with Crippen molar-refractivity contribution in [1.29, 1.82) is 0 Å². The lowest BCUT2D eigenvalue weighted by Gasteiger charge is -2.36. The number of likely N-dealkylation sites (N-methyl/N-ethyl adjacent to an activating group) is 1. The molecule has 1 N–H and O–H groups in total. The van der Waals surface area contributed by atoms with Gasteiger partial charge < -0.3 is 29.3 Å². The number of nitrogens with zero attached hydrogens (tertiary/aromatic N) is 4. The van der Waals surface area contributed by atoms with Gasteiger partial charge in [0, 0.05) is 44.0 Å². The molecule has 7 nitrogen and oxygen atoms in total. The van der Waals surface area contributed by atoms with E-state index in [-0.39, 0.29) is 18.1 Å². The molecule has 0 radical (unpaired) electrons. The van der Waals surface area contributed by atoms with E-state index in [0.29, 0.717) is 24.7 Å². The smallest absolute Gasteiger partial charge is 0.450 e. The molecule has 2 heterocycles. The Morgan fingerprint density at radius 1 is 1.11 bits per heavy atom. The molecule has 188 valence electrons. The zero-order chi connectivity index (χ0) is 25.0. The first-order chi connectivity index (χ1) is 16.7. The van der Waals surface area contributed by atoms with E-state index in [9.17, 15) is 13.2 Å². The molecule has 4 rings (SSSR count). The van der Waals surface area contributed by atoms with Crippen molar-refractivity contribution in [3.63, 3.8) is 0 Å². The molecule has 0 saturated heterocycles. The number of ether oxygens (including phenoxy) is 2. The highest BCUT2D eigenvalue weighted by molar-refractivity contribution is 6.30. The summed E-state index contributed by atoms with van der Waals surface area (Å²) in [5, 5.41) is 9.73. The minimum Gasteiger partial charge on any atom is -0.450 e. The van der Waals surface area contributed by atoms with Gasteiger partial charge in [0.05, 0.1) is 6.67 Å². The van der Waals surface area contributed by atoms with Crippen LogP contribution >= 0.6 is 11.6 Å². The lowest BCUT2D eigenvalue weighted by atomic mass is 10.2. The topological polar surface area (TPSA) is 60.8 Å². The van der Waals surface area contributed by atoms with E-state index in [2.05, 4.69) is 9.64 Å². The van der Waals surface area contributed by atoms with Gasteiger partial charge in [-0.15, -0.1) is 13.2 Å². The molecular formula is C24H26ClF3N4O3. The average Bonchev–Trinajstić information content (AvgIpc) is 3.12. The van der Waals surface area contributed by atoms with Crippen LogP contribution in [-0.2, 0) is 6.54 Å². The summed E-state index contributed by atoms with van der Waals surface area (Å²) >= 11 is 6.04. The first-order valence-corrected chi connectivity index (χ1v) is 11.5. The van der Waals surface area contributed by atoms with E-state index >= 15 is 0 Å². The molecule has 1 unspecified atom stereocenters. The van der Waals surface area contributed by atoms with Crippen LogP contribution in [0.15, 0.2) is 65.4 Å².